The van der Waals surface area contributed by atoms with Gasteiger partial charge in [0.15, 0.2) is 0 Å². The van der Waals surface area contributed by atoms with Crippen molar-refractivity contribution in [2.45, 2.75) is 33.4 Å². The van der Waals surface area contributed by atoms with Gasteiger partial charge in [-0.15, -0.1) is 0 Å². The molecule has 104 valence electrons. The molecule has 0 unspecified atom stereocenters. The van der Waals surface area contributed by atoms with Crippen molar-refractivity contribution in [3.05, 3.63) is 39.4 Å². The van der Waals surface area contributed by atoms with Crippen molar-refractivity contribution >= 4 is 11.6 Å². The molecular formula is C13H19N3O3. The Morgan fingerprint density at radius 3 is 2.68 bits per heavy atom. The summed E-state index contributed by atoms with van der Waals surface area (Å²) in [7, 11) is 0. The Morgan fingerprint density at radius 1 is 1.42 bits per heavy atom. The summed E-state index contributed by atoms with van der Waals surface area (Å²) in [4.78, 5) is 21.8. The number of nitrogens with one attached hydrogen (secondary N) is 2. The number of hydrogen-bond donors (Lipinski definition) is 2. The van der Waals surface area contributed by atoms with E-state index in [2.05, 4.69) is 10.6 Å². The molecule has 0 fully saturated rings. The number of carbonyl (C=O) groups excluding carboxylic acids is 1. The monoisotopic (exact) mass is 265 g/mol. The Hall–Kier alpha value is -1.95. The van der Waals surface area contributed by atoms with Crippen LogP contribution in [0.15, 0.2) is 18.2 Å². The number of rotatable bonds is 6. The van der Waals surface area contributed by atoms with E-state index >= 15 is 0 Å². The third kappa shape index (κ3) is 5.05. The number of nitro benzene ring substituents is 1. The largest absolute Gasteiger partial charge is 0.353 e. The topological polar surface area (TPSA) is 84.3 Å². The van der Waals surface area contributed by atoms with Gasteiger partial charge in [0.25, 0.3) is 5.69 Å². The quantitative estimate of drug-likeness (QED) is 0.603. The molecule has 1 aromatic carbocycles. The van der Waals surface area contributed by atoms with Gasteiger partial charge in [-0.05, 0) is 26.3 Å². The summed E-state index contributed by atoms with van der Waals surface area (Å²) < 4.78 is 0. The Kier molecular flexibility index (Phi) is 5.44. The molecule has 0 heterocycles. The van der Waals surface area contributed by atoms with Gasteiger partial charge in [-0.1, -0.05) is 12.1 Å². The van der Waals surface area contributed by atoms with Gasteiger partial charge < -0.3 is 10.6 Å². The zero-order valence-corrected chi connectivity index (χ0v) is 11.4. The van der Waals surface area contributed by atoms with E-state index in [1.54, 1.807) is 13.0 Å². The fourth-order valence-electron chi connectivity index (χ4n) is 1.66. The number of aryl methyl sites for hydroxylation is 1. The van der Waals surface area contributed by atoms with Gasteiger partial charge >= 0.3 is 0 Å². The molecule has 0 aliphatic rings. The molecule has 0 aliphatic heterocycles. The SMILES string of the molecule is Cc1ccc(CNCC(=O)NC(C)C)cc1[N+](=O)[O-]. The Bertz CT molecular complexity index is 472. The molecule has 1 rings (SSSR count). The molecular weight excluding hydrogens is 246 g/mol. The third-order valence-electron chi connectivity index (χ3n) is 2.53. The highest BCUT2D eigenvalue weighted by molar-refractivity contribution is 5.78. The standard InChI is InChI=1S/C13H19N3O3/c1-9(2)15-13(17)8-14-7-11-5-4-10(3)12(6-11)16(18)19/h4-6,9,14H,7-8H2,1-3H3,(H,15,17). The predicted octanol–water partition coefficient (Wildman–Crippen LogP) is 1.52. The number of nitro groups is 1. The first-order valence-electron chi connectivity index (χ1n) is 6.14. The average Bonchev–Trinajstić information content (AvgIpc) is 2.30. The molecule has 6 nitrogen and oxygen atoms in total. The minimum Gasteiger partial charge on any atom is -0.353 e. The molecule has 0 radical (unpaired) electrons. The van der Waals surface area contributed by atoms with Crippen LogP contribution in [-0.2, 0) is 11.3 Å². The Morgan fingerprint density at radius 2 is 2.11 bits per heavy atom. The smallest absolute Gasteiger partial charge is 0.272 e. The number of benzene rings is 1. The lowest BCUT2D eigenvalue weighted by atomic mass is 10.1. The molecule has 0 spiro atoms. The second-order valence-corrected chi connectivity index (χ2v) is 4.70. The number of hydrogen-bond acceptors (Lipinski definition) is 4. The van der Waals surface area contributed by atoms with Crippen molar-refractivity contribution < 1.29 is 9.72 Å². The number of nitrogens with zero attached hydrogens (tertiary/aromatic N) is 1. The predicted molar refractivity (Wildman–Crippen MR) is 72.8 cm³/mol. The Labute approximate surface area is 112 Å². The van der Waals surface area contributed by atoms with Crippen LogP contribution in [-0.4, -0.2) is 23.4 Å². The van der Waals surface area contributed by atoms with E-state index in [-0.39, 0.29) is 24.2 Å². The summed E-state index contributed by atoms with van der Waals surface area (Å²) in [6, 6.07) is 5.16. The van der Waals surface area contributed by atoms with Crippen molar-refractivity contribution in [1.82, 2.24) is 10.6 Å². The summed E-state index contributed by atoms with van der Waals surface area (Å²) in [5.41, 5.74) is 1.52. The highest BCUT2D eigenvalue weighted by Gasteiger charge is 2.11. The maximum atomic E-state index is 11.4. The van der Waals surface area contributed by atoms with Crippen LogP contribution in [0.2, 0.25) is 0 Å². The second kappa shape index (κ2) is 6.84. The van der Waals surface area contributed by atoms with E-state index in [1.807, 2.05) is 19.9 Å². The molecule has 0 atom stereocenters. The maximum absolute atomic E-state index is 11.4. The zero-order valence-electron chi connectivity index (χ0n) is 11.4. The van der Waals surface area contributed by atoms with E-state index in [4.69, 9.17) is 0 Å². The molecule has 19 heavy (non-hydrogen) atoms. The highest BCUT2D eigenvalue weighted by atomic mass is 16.6. The number of amides is 1. The van der Waals surface area contributed by atoms with Gasteiger partial charge in [0, 0.05) is 24.2 Å². The lowest BCUT2D eigenvalue weighted by Crippen LogP contribution is -2.37. The van der Waals surface area contributed by atoms with Crippen LogP contribution in [0.5, 0.6) is 0 Å². The van der Waals surface area contributed by atoms with Crippen LogP contribution >= 0.6 is 0 Å². The summed E-state index contributed by atoms with van der Waals surface area (Å²) in [5, 5.41) is 16.5. The van der Waals surface area contributed by atoms with Gasteiger partial charge in [-0.3, -0.25) is 14.9 Å². The van der Waals surface area contributed by atoms with Crippen LogP contribution < -0.4 is 10.6 Å². The third-order valence-corrected chi connectivity index (χ3v) is 2.53. The van der Waals surface area contributed by atoms with Crippen molar-refractivity contribution in [3.63, 3.8) is 0 Å². The summed E-state index contributed by atoms with van der Waals surface area (Å²) >= 11 is 0. The molecule has 0 saturated heterocycles. The number of carbonyl (C=O) groups is 1. The van der Waals surface area contributed by atoms with Crippen molar-refractivity contribution in [2.24, 2.45) is 0 Å². The van der Waals surface area contributed by atoms with E-state index < -0.39 is 4.92 Å². The fraction of sp³-hybridized carbons (Fsp3) is 0.462. The van der Waals surface area contributed by atoms with E-state index in [9.17, 15) is 14.9 Å². The van der Waals surface area contributed by atoms with Gasteiger partial charge in [0.2, 0.25) is 5.91 Å². The molecule has 0 aliphatic carbocycles. The van der Waals surface area contributed by atoms with E-state index in [1.165, 1.54) is 6.07 Å². The van der Waals surface area contributed by atoms with E-state index in [0.29, 0.717) is 12.1 Å². The minimum absolute atomic E-state index is 0.0865. The van der Waals surface area contributed by atoms with Gasteiger partial charge in [0.05, 0.1) is 11.5 Å². The van der Waals surface area contributed by atoms with Crippen LogP contribution in [0.3, 0.4) is 0 Å². The second-order valence-electron chi connectivity index (χ2n) is 4.70. The Balaban J connectivity index is 2.52. The van der Waals surface area contributed by atoms with Gasteiger partial charge in [0.1, 0.15) is 0 Å². The summed E-state index contributed by atoms with van der Waals surface area (Å²) in [5.74, 6) is -0.0865. The molecule has 0 bridgehead atoms. The first kappa shape index (κ1) is 15.1. The molecule has 1 amide bonds. The minimum atomic E-state index is -0.399. The summed E-state index contributed by atoms with van der Waals surface area (Å²) in [6.07, 6.45) is 0. The first-order valence-corrected chi connectivity index (χ1v) is 6.14. The van der Waals surface area contributed by atoms with Crippen LogP contribution in [0.1, 0.15) is 25.0 Å². The van der Waals surface area contributed by atoms with Crippen molar-refractivity contribution in [2.75, 3.05) is 6.54 Å². The highest BCUT2D eigenvalue weighted by Crippen LogP contribution is 2.18. The van der Waals surface area contributed by atoms with Gasteiger partial charge in [-0.25, -0.2) is 0 Å². The van der Waals surface area contributed by atoms with Crippen LogP contribution in [0.4, 0.5) is 5.69 Å². The van der Waals surface area contributed by atoms with Crippen molar-refractivity contribution in [3.8, 4) is 0 Å². The van der Waals surface area contributed by atoms with Gasteiger partial charge in [-0.2, -0.15) is 0 Å². The normalized spacial score (nSPS) is 10.5. The maximum Gasteiger partial charge on any atom is 0.272 e. The molecule has 6 heteroatoms. The zero-order chi connectivity index (χ0) is 14.4. The fourth-order valence-corrected chi connectivity index (χ4v) is 1.66. The lowest BCUT2D eigenvalue weighted by molar-refractivity contribution is -0.385. The van der Waals surface area contributed by atoms with Crippen molar-refractivity contribution in [1.29, 1.82) is 0 Å². The average molecular weight is 265 g/mol. The lowest BCUT2D eigenvalue weighted by Gasteiger charge is -2.09. The van der Waals surface area contributed by atoms with E-state index in [0.717, 1.165) is 5.56 Å². The molecule has 2 N–H and O–H groups in total. The molecule has 0 saturated carbocycles. The summed E-state index contributed by atoms with van der Waals surface area (Å²) in [6.45, 7) is 6.10. The first-order chi connectivity index (χ1) is 8.90. The molecule has 1 aromatic rings. The van der Waals surface area contributed by atoms with Crippen LogP contribution in [0.25, 0.3) is 0 Å². The van der Waals surface area contributed by atoms with Crippen LogP contribution in [0, 0.1) is 17.0 Å². The molecule has 0 aromatic heterocycles.